The van der Waals surface area contributed by atoms with Gasteiger partial charge < -0.3 is 4.42 Å². The van der Waals surface area contributed by atoms with E-state index in [2.05, 4.69) is 149 Å². The van der Waals surface area contributed by atoms with Crippen molar-refractivity contribution in [3.8, 4) is 67.5 Å². The molecule has 55 heavy (non-hydrogen) atoms. The fraction of sp³-hybridized carbons (Fsp3) is 0.118. The first kappa shape index (κ1) is 31.8. The van der Waals surface area contributed by atoms with Gasteiger partial charge in [-0.15, -0.1) is 0 Å². The van der Waals surface area contributed by atoms with Gasteiger partial charge in [0.05, 0.1) is 0 Å². The summed E-state index contributed by atoms with van der Waals surface area (Å²) < 4.78 is 6.62. The number of rotatable bonds is 4. The second kappa shape index (κ2) is 11.4. The number of fused-ring (bicyclic) bond motifs is 9. The summed E-state index contributed by atoms with van der Waals surface area (Å²) in [6, 6.07) is 54.0. The van der Waals surface area contributed by atoms with Gasteiger partial charge in [-0.3, -0.25) is 0 Å². The number of hydrogen-bond donors (Lipinski definition) is 0. The molecule has 0 N–H and O–H groups in total. The predicted molar refractivity (Wildman–Crippen MR) is 224 cm³/mol. The van der Waals surface area contributed by atoms with Crippen molar-refractivity contribution in [1.29, 1.82) is 0 Å². The van der Waals surface area contributed by atoms with Crippen LogP contribution in [0.1, 0.15) is 49.9 Å². The van der Waals surface area contributed by atoms with Crippen molar-refractivity contribution in [2.45, 2.75) is 38.5 Å². The van der Waals surface area contributed by atoms with Crippen LogP contribution in [0.25, 0.3) is 89.5 Å². The Morgan fingerprint density at radius 1 is 0.364 bits per heavy atom. The van der Waals surface area contributed by atoms with E-state index in [1.807, 2.05) is 30.3 Å². The quantitative estimate of drug-likeness (QED) is 0.183. The third-order valence-electron chi connectivity index (χ3n) is 12.1. The zero-order valence-corrected chi connectivity index (χ0v) is 31.2. The average molecular weight is 708 g/mol. The van der Waals surface area contributed by atoms with Gasteiger partial charge in [-0.05, 0) is 86.0 Å². The minimum atomic E-state index is -0.146. The monoisotopic (exact) mass is 707 g/mol. The second-order valence-corrected chi connectivity index (χ2v) is 16.0. The van der Waals surface area contributed by atoms with Crippen LogP contribution < -0.4 is 0 Å². The standard InChI is InChI=1S/C51H37N3O/c1-50(2)40-19-11-8-16-34(40)36-24-22-31(27-42(36)50)39-26-33(29-45-46(39)38-18-10-13-21-44(38)55-45)49-53-47(30-14-6-5-7-15-30)52-48(54-49)32-23-25-37-35-17-9-12-20-41(35)51(3,4)43(37)28-32/h5-29H,1-4H3. The lowest BCUT2D eigenvalue weighted by atomic mass is 9.81. The molecular formula is C51H37N3O. The van der Waals surface area contributed by atoms with E-state index in [0.29, 0.717) is 17.5 Å². The van der Waals surface area contributed by atoms with Gasteiger partial charge in [0.25, 0.3) is 0 Å². The van der Waals surface area contributed by atoms with Crippen LogP contribution in [0.5, 0.6) is 0 Å². The van der Waals surface area contributed by atoms with Crippen molar-refractivity contribution >= 4 is 21.9 Å². The maximum atomic E-state index is 6.62. The lowest BCUT2D eigenvalue weighted by Crippen LogP contribution is -2.15. The van der Waals surface area contributed by atoms with Crippen LogP contribution in [-0.2, 0) is 10.8 Å². The number of aromatic nitrogens is 3. The first-order valence-electron chi connectivity index (χ1n) is 19.0. The Kier molecular flexibility index (Phi) is 6.61. The molecule has 2 aliphatic carbocycles. The molecule has 0 amide bonds. The molecule has 0 fully saturated rings. The summed E-state index contributed by atoms with van der Waals surface area (Å²) in [7, 11) is 0. The third kappa shape index (κ3) is 4.67. The van der Waals surface area contributed by atoms with E-state index in [0.717, 1.165) is 49.8 Å². The maximum Gasteiger partial charge on any atom is 0.164 e. The Labute approximate surface area is 320 Å². The molecule has 262 valence electrons. The highest BCUT2D eigenvalue weighted by atomic mass is 16.3. The Morgan fingerprint density at radius 3 is 1.55 bits per heavy atom. The van der Waals surface area contributed by atoms with Crippen molar-refractivity contribution in [2.24, 2.45) is 0 Å². The summed E-state index contributed by atoms with van der Waals surface area (Å²) in [5.41, 5.74) is 16.9. The third-order valence-corrected chi connectivity index (χ3v) is 12.1. The van der Waals surface area contributed by atoms with E-state index in [-0.39, 0.29) is 10.8 Å². The summed E-state index contributed by atoms with van der Waals surface area (Å²) in [6.45, 7) is 9.27. The topological polar surface area (TPSA) is 51.8 Å². The van der Waals surface area contributed by atoms with Crippen LogP contribution in [-0.4, -0.2) is 15.0 Å². The molecular weight excluding hydrogens is 671 g/mol. The van der Waals surface area contributed by atoms with Crippen LogP contribution in [0, 0.1) is 0 Å². The highest BCUT2D eigenvalue weighted by molar-refractivity contribution is 6.13. The van der Waals surface area contributed by atoms with Gasteiger partial charge in [0.1, 0.15) is 11.2 Å². The van der Waals surface area contributed by atoms with Gasteiger partial charge in [0.15, 0.2) is 17.5 Å². The number of hydrogen-bond acceptors (Lipinski definition) is 4. The molecule has 11 rings (SSSR count). The molecule has 9 aromatic rings. The molecule has 0 atom stereocenters. The van der Waals surface area contributed by atoms with Crippen LogP contribution >= 0.6 is 0 Å². The molecule has 2 heterocycles. The van der Waals surface area contributed by atoms with Crippen LogP contribution in [0.4, 0.5) is 0 Å². The number of furan rings is 1. The van der Waals surface area contributed by atoms with Crippen molar-refractivity contribution in [1.82, 2.24) is 15.0 Å². The first-order chi connectivity index (χ1) is 26.8. The zero-order chi connectivity index (χ0) is 37.1. The summed E-state index contributed by atoms with van der Waals surface area (Å²) in [5, 5.41) is 2.18. The average Bonchev–Trinajstić information content (AvgIpc) is 3.80. The molecule has 4 heteroatoms. The molecule has 0 radical (unpaired) electrons. The van der Waals surface area contributed by atoms with E-state index in [4.69, 9.17) is 19.4 Å². The molecule has 0 saturated heterocycles. The van der Waals surface area contributed by atoms with Crippen molar-refractivity contribution in [3.05, 3.63) is 174 Å². The van der Waals surface area contributed by atoms with Gasteiger partial charge in [-0.2, -0.15) is 0 Å². The fourth-order valence-corrected chi connectivity index (χ4v) is 9.28. The van der Waals surface area contributed by atoms with Crippen molar-refractivity contribution in [2.75, 3.05) is 0 Å². The first-order valence-corrected chi connectivity index (χ1v) is 19.0. The smallest absolute Gasteiger partial charge is 0.164 e. The van der Waals surface area contributed by atoms with Crippen LogP contribution in [0.3, 0.4) is 0 Å². The highest BCUT2D eigenvalue weighted by Gasteiger charge is 2.37. The molecule has 0 saturated carbocycles. The molecule has 4 nitrogen and oxygen atoms in total. The minimum absolute atomic E-state index is 0.128. The molecule has 0 spiro atoms. The molecule has 7 aromatic carbocycles. The van der Waals surface area contributed by atoms with E-state index >= 15 is 0 Å². The Balaban J connectivity index is 1.13. The van der Waals surface area contributed by atoms with Gasteiger partial charge in [0.2, 0.25) is 0 Å². The van der Waals surface area contributed by atoms with E-state index in [9.17, 15) is 0 Å². The van der Waals surface area contributed by atoms with Gasteiger partial charge in [0, 0.05) is 38.3 Å². The number of para-hydroxylation sites is 1. The lowest BCUT2D eigenvalue weighted by Gasteiger charge is -2.22. The summed E-state index contributed by atoms with van der Waals surface area (Å²) in [6.07, 6.45) is 0. The molecule has 0 bridgehead atoms. The summed E-state index contributed by atoms with van der Waals surface area (Å²) in [5.74, 6) is 1.87. The Bertz CT molecular complexity index is 3040. The number of benzene rings is 7. The van der Waals surface area contributed by atoms with Gasteiger partial charge in [-0.1, -0.05) is 149 Å². The Hall–Kier alpha value is -6.65. The zero-order valence-electron chi connectivity index (χ0n) is 31.2. The summed E-state index contributed by atoms with van der Waals surface area (Å²) >= 11 is 0. The Morgan fingerprint density at radius 2 is 0.873 bits per heavy atom. The molecule has 0 aliphatic heterocycles. The van der Waals surface area contributed by atoms with E-state index in [1.54, 1.807) is 0 Å². The largest absolute Gasteiger partial charge is 0.456 e. The number of nitrogens with zero attached hydrogens (tertiary/aromatic N) is 3. The second-order valence-electron chi connectivity index (χ2n) is 16.0. The molecule has 2 aliphatic rings. The van der Waals surface area contributed by atoms with E-state index in [1.165, 1.54) is 44.5 Å². The van der Waals surface area contributed by atoms with Crippen molar-refractivity contribution < 1.29 is 4.42 Å². The van der Waals surface area contributed by atoms with E-state index < -0.39 is 0 Å². The fourth-order valence-electron chi connectivity index (χ4n) is 9.28. The van der Waals surface area contributed by atoms with Gasteiger partial charge in [-0.25, -0.2) is 15.0 Å². The normalized spacial score (nSPS) is 14.5. The lowest BCUT2D eigenvalue weighted by molar-refractivity contribution is 0.660. The highest BCUT2D eigenvalue weighted by Crippen LogP contribution is 2.51. The minimum Gasteiger partial charge on any atom is -0.456 e. The summed E-state index contributed by atoms with van der Waals surface area (Å²) in [4.78, 5) is 15.6. The van der Waals surface area contributed by atoms with Crippen molar-refractivity contribution in [3.63, 3.8) is 0 Å². The van der Waals surface area contributed by atoms with Crippen LogP contribution in [0.15, 0.2) is 156 Å². The maximum absolute atomic E-state index is 6.62. The molecule has 0 unspecified atom stereocenters. The van der Waals surface area contributed by atoms with Gasteiger partial charge >= 0.3 is 0 Å². The SMILES string of the molecule is CC1(C)c2ccccc2-c2ccc(-c3nc(-c4ccccc4)nc(-c4cc(-c5ccc6c(c5)C(C)(C)c5ccccc5-6)c5c(c4)oc4ccccc45)n3)cc21. The van der Waals surface area contributed by atoms with Crippen LogP contribution in [0.2, 0.25) is 0 Å². The molecule has 2 aromatic heterocycles. The predicted octanol–water partition coefficient (Wildman–Crippen LogP) is 13.1.